The molecule has 0 amide bonds. The summed E-state index contributed by atoms with van der Waals surface area (Å²) in [5.74, 6) is 0. The molecule has 0 fully saturated rings. The van der Waals surface area contributed by atoms with Gasteiger partial charge in [0.05, 0.1) is 0 Å². The first-order chi connectivity index (χ1) is 5.88. The topological polar surface area (TPSA) is 38.0 Å². The van der Waals surface area contributed by atoms with Crippen LogP contribution in [0.1, 0.15) is 12.5 Å². The van der Waals surface area contributed by atoms with Crippen molar-refractivity contribution in [2.45, 2.75) is 13.3 Å². The Hall–Kier alpha value is -0.440. The number of halogens is 2. The van der Waals surface area contributed by atoms with Gasteiger partial charge >= 0.3 is 0 Å². The fourth-order valence-corrected chi connectivity index (χ4v) is 1.26. The molecule has 82 valence electrons. The van der Waals surface area contributed by atoms with E-state index in [1.165, 1.54) is 11.3 Å². The second-order valence-electron chi connectivity index (χ2n) is 2.73. The summed E-state index contributed by atoms with van der Waals surface area (Å²) in [6.07, 6.45) is 0.948. The highest BCUT2D eigenvalue weighted by Crippen LogP contribution is 2.14. The molecule has 0 spiro atoms. The van der Waals surface area contributed by atoms with Gasteiger partial charge in [-0.2, -0.15) is 0 Å². The highest BCUT2D eigenvalue weighted by Gasteiger charge is 1.97. The van der Waals surface area contributed by atoms with Gasteiger partial charge in [-0.15, -0.1) is 24.8 Å². The summed E-state index contributed by atoms with van der Waals surface area (Å²) >= 11 is 0. The molecule has 1 rings (SSSR count). The summed E-state index contributed by atoms with van der Waals surface area (Å²) in [5.41, 5.74) is 8.02. The molecule has 0 saturated carbocycles. The van der Waals surface area contributed by atoms with Gasteiger partial charge < -0.3 is 11.1 Å². The van der Waals surface area contributed by atoms with Gasteiger partial charge in [0.15, 0.2) is 0 Å². The van der Waals surface area contributed by atoms with Crippen LogP contribution in [-0.4, -0.2) is 13.1 Å². The highest BCUT2D eigenvalue weighted by atomic mass is 35.5. The number of benzene rings is 1. The Labute approximate surface area is 98.1 Å². The molecule has 0 atom stereocenters. The molecule has 1 aromatic carbocycles. The minimum Gasteiger partial charge on any atom is -0.385 e. The number of para-hydroxylation sites is 1. The Bertz CT molecular complexity index is 216. The highest BCUT2D eigenvalue weighted by molar-refractivity contribution is 5.85. The number of nitrogens with two attached hydrogens (primary N) is 1. The number of hydrogen-bond acceptors (Lipinski definition) is 2. The average Bonchev–Trinajstić information content (AvgIpc) is 2.09. The Morgan fingerprint density at radius 1 is 1.21 bits per heavy atom. The van der Waals surface area contributed by atoms with Gasteiger partial charge in [-0.25, -0.2) is 0 Å². The minimum absolute atomic E-state index is 0. The lowest BCUT2D eigenvalue weighted by Crippen LogP contribution is -2.06. The summed E-state index contributed by atoms with van der Waals surface area (Å²) in [6, 6.07) is 8.29. The molecule has 0 bridgehead atoms. The lowest BCUT2D eigenvalue weighted by molar-refractivity contribution is 0.966. The third-order valence-electron chi connectivity index (χ3n) is 1.80. The molecule has 0 unspecified atom stereocenters. The zero-order valence-electron chi connectivity index (χ0n) is 8.32. The SMILES string of the molecule is CCNc1ccccc1CCN.Cl.Cl. The van der Waals surface area contributed by atoms with E-state index in [9.17, 15) is 0 Å². The average molecular weight is 237 g/mol. The van der Waals surface area contributed by atoms with Crippen LogP contribution < -0.4 is 11.1 Å². The van der Waals surface area contributed by atoms with Gasteiger partial charge in [0.1, 0.15) is 0 Å². The predicted octanol–water partition coefficient (Wildman–Crippen LogP) is 2.46. The third kappa shape index (κ3) is 4.70. The van der Waals surface area contributed by atoms with Crippen molar-refractivity contribution in [3.8, 4) is 0 Å². The molecule has 4 heteroatoms. The zero-order chi connectivity index (χ0) is 8.81. The Balaban J connectivity index is 0. The maximum atomic E-state index is 5.50. The molecular weight excluding hydrogens is 219 g/mol. The monoisotopic (exact) mass is 236 g/mol. The lowest BCUT2D eigenvalue weighted by Gasteiger charge is -2.08. The van der Waals surface area contributed by atoms with Crippen molar-refractivity contribution < 1.29 is 0 Å². The second-order valence-corrected chi connectivity index (χ2v) is 2.73. The maximum Gasteiger partial charge on any atom is 0.0373 e. The fraction of sp³-hybridized carbons (Fsp3) is 0.400. The van der Waals surface area contributed by atoms with E-state index in [2.05, 4.69) is 24.4 Å². The van der Waals surface area contributed by atoms with E-state index >= 15 is 0 Å². The van der Waals surface area contributed by atoms with Gasteiger partial charge in [-0.1, -0.05) is 18.2 Å². The molecule has 0 aliphatic carbocycles. The first kappa shape index (κ1) is 16.0. The molecule has 1 aromatic rings. The van der Waals surface area contributed by atoms with Gasteiger partial charge in [0, 0.05) is 12.2 Å². The number of anilines is 1. The van der Waals surface area contributed by atoms with E-state index in [4.69, 9.17) is 5.73 Å². The van der Waals surface area contributed by atoms with Crippen LogP contribution in [0.15, 0.2) is 24.3 Å². The predicted molar refractivity (Wildman–Crippen MR) is 67.9 cm³/mol. The van der Waals surface area contributed by atoms with Crippen LogP contribution in [0, 0.1) is 0 Å². The van der Waals surface area contributed by atoms with E-state index in [0.29, 0.717) is 6.54 Å². The summed E-state index contributed by atoms with van der Waals surface area (Å²) < 4.78 is 0. The quantitative estimate of drug-likeness (QED) is 0.844. The zero-order valence-corrected chi connectivity index (χ0v) is 9.96. The Kier molecular flexibility index (Phi) is 10.4. The van der Waals surface area contributed by atoms with Crippen LogP contribution in [0.25, 0.3) is 0 Å². The van der Waals surface area contributed by atoms with Crippen molar-refractivity contribution in [2.75, 3.05) is 18.4 Å². The third-order valence-corrected chi connectivity index (χ3v) is 1.80. The van der Waals surface area contributed by atoms with Crippen LogP contribution >= 0.6 is 24.8 Å². The Morgan fingerprint density at radius 3 is 2.43 bits per heavy atom. The number of rotatable bonds is 4. The molecule has 2 nitrogen and oxygen atoms in total. The summed E-state index contributed by atoms with van der Waals surface area (Å²) in [7, 11) is 0. The van der Waals surface area contributed by atoms with Crippen LogP contribution in [0.2, 0.25) is 0 Å². The molecule has 0 heterocycles. The molecule has 0 aliphatic heterocycles. The first-order valence-corrected chi connectivity index (χ1v) is 4.40. The van der Waals surface area contributed by atoms with E-state index < -0.39 is 0 Å². The van der Waals surface area contributed by atoms with Crippen molar-refractivity contribution in [1.29, 1.82) is 0 Å². The van der Waals surface area contributed by atoms with Crippen molar-refractivity contribution in [2.24, 2.45) is 5.73 Å². The summed E-state index contributed by atoms with van der Waals surface area (Å²) in [4.78, 5) is 0. The molecule has 0 aromatic heterocycles. The van der Waals surface area contributed by atoms with Crippen molar-refractivity contribution >= 4 is 30.5 Å². The number of nitrogens with one attached hydrogen (secondary N) is 1. The molecule has 0 aliphatic rings. The molecule has 0 radical (unpaired) electrons. The van der Waals surface area contributed by atoms with Crippen LogP contribution in [0.5, 0.6) is 0 Å². The molecule has 3 N–H and O–H groups in total. The van der Waals surface area contributed by atoms with Crippen molar-refractivity contribution in [3.05, 3.63) is 29.8 Å². The molecule has 14 heavy (non-hydrogen) atoms. The second kappa shape index (κ2) is 9.13. The number of hydrogen-bond donors (Lipinski definition) is 2. The normalized spacial score (nSPS) is 8.43. The maximum absolute atomic E-state index is 5.50. The van der Waals surface area contributed by atoms with Crippen molar-refractivity contribution in [3.63, 3.8) is 0 Å². The fourth-order valence-electron chi connectivity index (χ4n) is 1.26. The van der Waals surface area contributed by atoms with Gasteiger partial charge in [-0.05, 0) is 31.5 Å². The van der Waals surface area contributed by atoms with Crippen LogP contribution in [0.4, 0.5) is 5.69 Å². The molecular formula is C10H18Cl2N2. The van der Waals surface area contributed by atoms with E-state index in [-0.39, 0.29) is 24.8 Å². The van der Waals surface area contributed by atoms with Crippen molar-refractivity contribution in [1.82, 2.24) is 0 Å². The van der Waals surface area contributed by atoms with Gasteiger partial charge in [0.2, 0.25) is 0 Å². The minimum atomic E-state index is 0. The Morgan fingerprint density at radius 2 is 1.86 bits per heavy atom. The standard InChI is InChI=1S/C10H16N2.2ClH/c1-2-12-10-6-4-3-5-9(10)7-8-11;;/h3-6,12H,2,7-8,11H2,1H3;2*1H. The van der Waals surface area contributed by atoms with Gasteiger partial charge in [-0.3, -0.25) is 0 Å². The first-order valence-electron chi connectivity index (χ1n) is 4.40. The van der Waals surface area contributed by atoms with Gasteiger partial charge in [0.25, 0.3) is 0 Å². The van der Waals surface area contributed by atoms with E-state index in [1.807, 2.05) is 12.1 Å². The van der Waals surface area contributed by atoms with Crippen LogP contribution in [0.3, 0.4) is 0 Å². The lowest BCUT2D eigenvalue weighted by atomic mass is 10.1. The summed E-state index contributed by atoms with van der Waals surface area (Å²) in [6.45, 7) is 3.77. The van der Waals surface area contributed by atoms with E-state index in [1.54, 1.807) is 0 Å². The largest absolute Gasteiger partial charge is 0.385 e. The molecule has 0 saturated heterocycles. The smallest absolute Gasteiger partial charge is 0.0373 e. The summed E-state index contributed by atoms with van der Waals surface area (Å²) in [5, 5.41) is 3.31. The van der Waals surface area contributed by atoms with E-state index in [0.717, 1.165) is 13.0 Å². The van der Waals surface area contributed by atoms with Crippen LogP contribution in [-0.2, 0) is 6.42 Å².